The maximum atomic E-state index is 14.2. The van der Waals surface area contributed by atoms with Crippen LogP contribution in [-0.4, -0.2) is 38.9 Å². The number of aromatic nitrogens is 3. The van der Waals surface area contributed by atoms with Gasteiger partial charge in [-0.05, 0) is 17.7 Å². The van der Waals surface area contributed by atoms with Crippen LogP contribution < -0.4 is 10.3 Å². The number of aryl methyl sites for hydroxylation is 1. The van der Waals surface area contributed by atoms with Crippen molar-refractivity contribution in [1.29, 1.82) is 0 Å². The number of pyridine rings is 1. The average molecular weight is 532 g/mol. The summed E-state index contributed by atoms with van der Waals surface area (Å²) in [7, 11) is 2.45. The Kier molecular flexibility index (Phi) is 7.44. The van der Waals surface area contributed by atoms with Crippen molar-refractivity contribution in [2.45, 2.75) is 24.6 Å². The molecule has 1 aromatic carbocycles. The van der Waals surface area contributed by atoms with Crippen LogP contribution in [0.15, 0.2) is 47.7 Å². The highest BCUT2D eigenvalue weighted by Gasteiger charge is 2.59. The zero-order chi connectivity index (χ0) is 26.1. The molecule has 0 radical (unpaired) electrons. The van der Waals surface area contributed by atoms with Gasteiger partial charge < -0.3 is 19.1 Å². The Morgan fingerprint density at radius 2 is 1.80 bits per heavy atom. The minimum absolute atomic E-state index is 0.0506. The van der Waals surface area contributed by atoms with E-state index in [-0.39, 0.29) is 32.9 Å². The van der Waals surface area contributed by atoms with Gasteiger partial charge in [-0.3, -0.25) is 4.79 Å². The lowest BCUT2D eigenvalue weighted by Gasteiger charge is -2.37. The Hall–Kier alpha value is -3.15. The van der Waals surface area contributed by atoms with Gasteiger partial charge in [0.25, 0.3) is 0 Å². The largest absolute Gasteiger partial charge is 0.464 e. The van der Waals surface area contributed by atoms with Crippen molar-refractivity contribution in [3.63, 3.8) is 0 Å². The topological polar surface area (TPSA) is 104 Å². The summed E-state index contributed by atoms with van der Waals surface area (Å²) in [6, 6.07) is 4.32. The zero-order valence-corrected chi connectivity index (χ0v) is 19.9. The van der Waals surface area contributed by atoms with Gasteiger partial charge in [-0.25, -0.2) is 14.8 Å². The summed E-state index contributed by atoms with van der Waals surface area (Å²) in [6.45, 7) is 1.13. The van der Waals surface area contributed by atoms with Crippen LogP contribution in [-0.2, 0) is 17.4 Å². The van der Waals surface area contributed by atoms with Crippen molar-refractivity contribution in [1.82, 2.24) is 14.5 Å². The van der Waals surface area contributed by atoms with Crippen LogP contribution in [0, 0.1) is 0 Å². The second-order valence-corrected chi connectivity index (χ2v) is 8.22. The molecule has 0 aliphatic carbocycles. The van der Waals surface area contributed by atoms with E-state index in [0.29, 0.717) is 0 Å². The van der Waals surface area contributed by atoms with Gasteiger partial charge in [-0.1, -0.05) is 36.2 Å². The fourth-order valence-electron chi connectivity index (χ4n) is 3.36. The molecule has 8 nitrogen and oxygen atoms in total. The Morgan fingerprint density at radius 1 is 1.11 bits per heavy atom. The maximum Gasteiger partial charge on any atom is 0.422 e. The van der Waals surface area contributed by atoms with E-state index in [0.717, 1.165) is 42.2 Å². The first kappa shape index (κ1) is 26.5. The number of carbonyl (C=O) groups is 1. The van der Waals surface area contributed by atoms with Gasteiger partial charge in [0.15, 0.2) is 11.3 Å². The predicted molar refractivity (Wildman–Crippen MR) is 120 cm³/mol. The van der Waals surface area contributed by atoms with Crippen LogP contribution in [0.25, 0.3) is 0 Å². The number of methoxy groups -OCH3 is 1. The van der Waals surface area contributed by atoms with Crippen molar-refractivity contribution in [2.75, 3.05) is 7.11 Å². The Balaban J connectivity index is 1.99. The molecule has 0 aliphatic heterocycles. The molecule has 186 valence electrons. The van der Waals surface area contributed by atoms with Crippen LogP contribution in [0.4, 0.5) is 13.2 Å². The molecule has 0 fully saturated rings. The fourth-order valence-corrected chi connectivity index (χ4v) is 3.89. The van der Waals surface area contributed by atoms with Gasteiger partial charge >= 0.3 is 12.1 Å². The van der Waals surface area contributed by atoms with E-state index in [9.17, 15) is 27.9 Å². The lowest BCUT2D eigenvalue weighted by molar-refractivity contribution is -0.274. The third-order valence-electron chi connectivity index (χ3n) is 5.37. The molecule has 0 saturated heterocycles. The number of esters is 1. The molecule has 0 bridgehead atoms. The van der Waals surface area contributed by atoms with E-state index in [1.165, 1.54) is 26.3 Å². The Bertz CT molecular complexity index is 1320. The number of hydrogen-bond donors (Lipinski definition) is 1. The van der Waals surface area contributed by atoms with Crippen LogP contribution in [0.3, 0.4) is 0 Å². The number of carbonyl (C=O) groups excluding carboxylic acids is 1. The van der Waals surface area contributed by atoms with Crippen LogP contribution in [0.2, 0.25) is 10.0 Å². The molecule has 1 N–H and O–H groups in total. The van der Waals surface area contributed by atoms with Gasteiger partial charge in [-0.15, -0.1) is 0 Å². The molecule has 3 aromatic rings. The first-order valence-corrected chi connectivity index (χ1v) is 10.6. The van der Waals surface area contributed by atoms with E-state index >= 15 is 0 Å². The summed E-state index contributed by atoms with van der Waals surface area (Å²) in [5.74, 6) is -2.48. The van der Waals surface area contributed by atoms with Gasteiger partial charge in [0.2, 0.25) is 11.4 Å². The molecule has 0 aliphatic rings. The van der Waals surface area contributed by atoms with Crippen LogP contribution >= 0.6 is 23.2 Å². The Morgan fingerprint density at radius 3 is 2.34 bits per heavy atom. The average Bonchev–Trinajstić information content (AvgIpc) is 2.82. The van der Waals surface area contributed by atoms with Crippen molar-refractivity contribution in [2.24, 2.45) is 7.05 Å². The van der Waals surface area contributed by atoms with E-state index in [1.807, 2.05) is 0 Å². The van der Waals surface area contributed by atoms with Gasteiger partial charge in [0.1, 0.15) is 10.8 Å². The number of ether oxygens (including phenoxy) is 2. The molecule has 2 aromatic heterocycles. The smallest absolute Gasteiger partial charge is 0.422 e. The maximum absolute atomic E-state index is 14.2. The highest BCUT2D eigenvalue weighted by molar-refractivity contribution is 6.43. The third kappa shape index (κ3) is 4.97. The quantitative estimate of drug-likeness (QED) is 0.463. The molecule has 2 heterocycles. The third-order valence-corrected chi connectivity index (χ3v) is 6.24. The number of rotatable bonds is 6. The summed E-state index contributed by atoms with van der Waals surface area (Å²) in [6.07, 6.45) is -2.00. The number of alkyl halides is 3. The minimum Gasteiger partial charge on any atom is -0.464 e. The van der Waals surface area contributed by atoms with Crippen molar-refractivity contribution >= 4 is 29.2 Å². The first-order valence-electron chi connectivity index (χ1n) is 9.83. The summed E-state index contributed by atoms with van der Waals surface area (Å²) in [4.78, 5) is 30.8. The van der Waals surface area contributed by atoms with E-state index in [4.69, 9.17) is 27.9 Å². The van der Waals surface area contributed by atoms with Crippen LogP contribution in [0.5, 0.6) is 11.6 Å². The number of aliphatic hydroxyl groups is 1. The van der Waals surface area contributed by atoms with Crippen LogP contribution in [0.1, 0.15) is 34.5 Å². The molecule has 13 heteroatoms. The first-order chi connectivity index (χ1) is 16.3. The zero-order valence-electron chi connectivity index (χ0n) is 18.4. The second-order valence-electron chi connectivity index (χ2n) is 7.47. The summed E-state index contributed by atoms with van der Waals surface area (Å²) in [5.41, 5.74) is -4.68. The summed E-state index contributed by atoms with van der Waals surface area (Å²) in [5, 5.41) is 10.4. The summed E-state index contributed by atoms with van der Waals surface area (Å²) >= 11 is 12.6. The van der Waals surface area contributed by atoms with Crippen molar-refractivity contribution in [3.8, 4) is 11.6 Å². The normalized spacial score (nSPS) is 14.2. The SMILES string of the molecule is COC(=O)c1cnc(Oc2ccc([C@@H](C)[C@@](O)(c3ccc(=O)n(C)c3)C(F)(F)F)c(Cl)c2Cl)cn1. The van der Waals surface area contributed by atoms with Crippen molar-refractivity contribution < 1.29 is 32.5 Å². The molecular formula is C22H18Cl2F3N3O5. The second kappa shape index (κ2) is 9.84. The Labute approximate surface area is 206 Å². The predicted octanol–water partition coefficient (Wildman–Crippen LogP) is 4.61. The lowest BCUT2D eigenvalue weighted by atomic mass is 9.78. The monoisotopic (exact) mass is 531 g/mol. The molecule has 0 amide bonds. The molecule has 35 heavy (non-hydrogen) atoms. The molecular weight excluding hydrogens is 514 g/mol. The molecule has 2 atom stereocenters. The number of nitrogens with zero attached hydrogens (tertiary/aromatic N) is 3. The summed E-state index contributed by atoms with van der Waals surface area (Å²) < 4.78 is 53.5. The highest BCUT2D eigenvalue weighted by atomic mass is 35.5. The van der Waals surface area contributed by atoms with E-state index in [2.05, 4.69) is 14.7 Å². The standard InChI is InChI=1S/C22H18Cl2F3N3O5/c1-11(21(33,22(25,26)27)12-4-7-17(31)30(2)10-12)13-5-6-15(19(24)18(13)23)35-16-9-28-14(8-29-16)20(32)34-3/h4-11,33H,1-3H3/t11-,21-/m1/s1. The fraction of sp³-hybridized carbons (Fsp3) is 0.273. The number of benzene rings is 1. The highest BCUT2D eigenvalue weighted by Crippen LogP contribution is 2.51. The van der Waals surface area contributed by atoms with E-state index < -0.39 is 34.8 Å². The lowest BCUT2D eigenvalue weighted by Crippen LogP contribution is -2.47. The molecule has 0 spiro atoms. The van der Waals surface area contributed by atoms with E-state index in [1.54, 1.807) is 0 Å². The number of hydrogen-bond acceptors (Lipinski definition) is 7. The molecule has 0 saturated carbocycles. The van der Waals surface area contributed by atoms with Gasteiger partial charge in [-0.2, -0.15) is 13.2 Å². The van der Waals surface area contributed by atoms with Gasteiger partial charge in [0, 0.05) is 30.8 Å². The van der Waals surface area contributed by atoms with Crippen molar-refractivity contribution in [3.05, 3.63) is 80.1 Å². The minimum atomic E-state index is -5.13. The molecule has 0 unspecified atom stereocenters. The molecule has 3 rings (SSSR count). The number of halogens is 5. The van der Waals surface area contributed by atoms with Gasteiger partial charge in [0.05, 0.1) is 24.5 Å².